The third-order valence-corrected chi connectivity index (χ3v) is 6.61. The number of hydrogen-bond acceptors (Lipinski definition) is 8. The number of carboxylic acids is 1. The molecule has 0 radical (unpaired) electrons. The van der Waals surface area contributed by atoms with Crippen molar-refractivity contribution in [3.05, 3.63) is 76.8 Å². The van der Waals surface area contributed by atoms with Crippen molar-refractivity contribution in [2.45, 2.75) is 39.5 Å². The van der Waals surface area contributed by atoms with Crippen LogP contribution in [0.5, 0.6) is 28.7 Å². The van der Waals surface area contributed by atoms with Gasteiger partial charge >= 0.3 is 5.97 Å². The Hall–Kier alpha value is -4.11. The number of ether oxygens (including phenoxy) is 3. The molecule has 0 fully saturated rings. The average molecular weight is 535 g/mol. The maximum Gasteiger partial charge on any atom is 0.339 e. The van der Waals surface area contributed by atoms with Crippen LogP contribution < -0.4 is 14.2 Å². The van der Waals surface area contributed by atoms with Gasteiger partial charge in [-0.05, 0) is 48.7 Å². The summed E-state index contributed by atoms with van der Waals surface area (Å²) in [7, 11) is 0. The number of carbonyl (C=O) groups is 1. The third-order valence-electron chi connectivity index (χ3n) is 5.88. The number of aromatic hydroxyl groups is 1. The fourth-order valence-electron chi connectivity index (χ4n) is 4.03. The lowest BCUT2D eigenvalue weighted by Crippen LogP contribution is -2.08. The molecule has 0 saturated heterocycles. The van der Waals surface area contributed by atoms with Gasteiger partial charge in [0.25, 0.3) is 0 Å². The Morgan fingerprint density at radius 3 is 2.39 bits per heavy atom. The van der Waals surface area contributed by atoms with Gasteiger partial charge in [-0.3, -0.25) is 0 Å². The highest BCUT2D eigenvalue weighted by atomic mass is 32.1. The molecular formula is C29H30N2O6S. The van der Waals surface area contributed by atoms with Crippen molar-refractivity contribution in [1.82, 2.24) is 10.2 Å². The first-order valence-corrected chi connectivity index (χ1v) is 13.4. The molecule has 2 N–H and O–H groups in total. The van der Waals surface area contributed by atoms with Crippen molar-refractivity contribution in [2.24, 2.45) is 0 Å². The predicted molar refractivity (Wildman–Crippen MR) is 146 cm³/mol. The standard InChI is InChI=1S/C29H30N2O6S/c1-3-9-20-24(12-7-13-25(20)37-26-11-6-5-10-21(26)29(33)34)35-14-8-15-36-27-17-23(32)22(16-19(27)4-2)28-31-30-18-38-28/h5-7,10-13,16-18,32H,3-4,8-9,14-15H2,1-2H3,(H,33,34). The van der Waals surface area contributed by atoms with Crippen LogP contribution in [0.25, 0.3) is 10.6 Å². The fraction of sp³-hybridized carbons (Fsp3) is 0.276. The van der Waals surface area contributed by atoms with Crippen molar-refractivity contribution in [2.75, 3.05) is 13.2 Å². The number of phenolic OH excluding ortho intramolecular Hbond substituents is 1. The molecule has 1 aromatic heterocycles. The van der Waals surface area contributed by atoms with Gasteiger partial charge in [-0.1, -0.05) is 49.8 Å². The van der Waals surface area contributed by atoms with Gasteiger partial charge in [0, 0.05) is 18.1 Å². The van der Waals surface area contributed by atoms with E-state index in [1.54, 1.807) is 29.8 Å². The first-order valence-electron chi connectivity index (χ1n) is 12.5. The summed E-state index contributed by atoms with van der Waals surface area (Å²) in [6.45, 7) is 4.93. The van der Waals surface area contributed by atoms with Crippen molar-refractivity contribution < 1.29 is 29.2 Å². The molecule has 4 aromatic rings. The Kier molecular flexibility index (Phi) is 9.16. The molecule has 9 heteroatoms. The number of aromatic carboxylic acids is 1. The Bertz CT molecular complexity index is 1370. The van der Waals surface area contributed by atoms with Crippen molar-refractivity contribution in [1.29, 1.82) is 0 Å². The van der Waals surface area contributed by atoms with Gasteiger partial charge in [-0.25, -0.2) is 4.79 Å². The van der Waals surface area contributed by atoms with Crippen LogP contribution in [-0.4, -0.2) is 39.6 Å². The minimum Gasteiger partial charge on any atom is -0.507 e. The zero-order valence-electron chi connectivity index (χ0n) is 21.3. The van der Waals surface area contributed by atoms with Gasteiger partial charge in [0.2, 0.25) is 0 Å². The fourth-order valence-corrected chi connectivity index (χ4v) is 4.61. The summed E-state index contributed by atoms with van der Waals surface area (Å²) >= 11 is 1.37. The molecule has 4 rings (SSSR count). The number of rotatable bonds is 13. The monoisotopic (exact) mass is 534 g/mol. The van der Waals surface area contributed by atoms with Crippen molar-refractivity contribution in [3.8, 4) is 39.3 Å². The first kappa shape index (κ1) is 26.9. The summed E-state index contributed by atoms with van der Waals surface area (Å²) in [5.41, 5.74) is 4.25. The summed E-state index contributed by atoms with van der Waals surface area (Å²) in [4.78, 5) is 11.6. The topological polar surface area (TPSA) is 111 Å². The third kappa shape index (κ3) is 6.41. The number of hydrogen-bond donors (Lipinski definition) is 2. The lowest BCUT2D eigenvalue weighted by molar-refractivity contribution is 0.0694. The number of nitrogens with zero attached hydrogens (tertiary/aromatic N) is 2. The zero-order chi connectivity index (χ0) is 26.9. The Balaban J connectivity index is 1.39. The SMILES string of the molecule is CCCc1c(OCCCOc2cc(O)c(-c3nncs3)cc2CC)cccc1Oc1ccccc1C(=O)O. The smallest absolute Gasteiger partial charge is 0.339 e. The highest BCUT2D eigenvalue weighted by Crippen LogP contribution is 2.37. The molecule has 0 amide bonds. The van der Waals surface area contributed by atoms with Crippen LogP contribution in [0.4, 0.5) is 0 Å². The largest absolute Gasteiger partial charge is 0.507 e. The Morgan fingerprint density at radius 1 is 0.947 bits per heavy atom. The van der Waals surface area contributed by atoms with Gasteiger partial charge in [0.1, 0.15) is 39.8 Å². The van der Waals surface area contributed by atoms with Crippen LogP contribution in [0.15, 0.2) is 60.1 Å². The summed E-state index contributed by atoms with van der Waals surface area (Å²) < 4.78 is 18.1. The normalized spacial score (nSPS) is 10.8. The van der Waals surface area contributed by atoms with E-state index in [0.29, 0.717) is 47.5 Å². The molecule has 0 atom stereocenters. The molecule has 0 spiro atoms. The average Bonchev–Trinajstić information content (AvgIpc) is 3.45. The van der Waals surface area contributed by atoms with E-state index in [-0.39, 0.29) is 17.1 Å². The lowest BCUT2D eigenvalue weighted by Gasteiger charge is -2.17. The van der Waals surface area contributed by atoms with Crippen LogP contribution in [0, 0.1) is 0 Å². The molecule has 3 aromatic carbocycles. The van der Waals surface area contributed by atoms with Gasteiger partial charge in [-0.15, -0.1) is 10.2 Å². The zero-order valence-corrected chi connectivity index (χ0v) is 22.2. The molecule has 0 aliphatic heterocycles. The van der Waals surface area contributed by atoms with Crippen LogP contribution in [-0.2, 0) is 12.8 Å². The summed E-state index contributed by atoms with van der Waals surface area (Å²) in [5.74, 6) is 1.26. The van der Waals surface area contributed by atoms with E-state index in [2.05, 4.69) is 17.1 Å². The van der Waals surface area contributed by atoms with Crippen LogP contribution >= 0.6 is 11.3 Å². The van der Waals surface area contributed by atoms with Crippen LogP contribution in [0.1, 0.15) is 48.2 Å². The van der Waals surface area contributed by atoms with Crippen LogP contribution in [0.2, 0.25) is 0 Å². The maximum absolute atomic E-state index is 11.6. The predicted octanol–water partition coefficient (Wildman–Crippen LogP) is 6.76. The molecule has 0 unspecified atom stereocenters. The number of aryl methyl sites for hydroxylation is 1. The summed E-state index contributed by atoms with van der Waals surface area (Å²) in [6.07, 6.45) is 2.96. The molecule has 0 bridgehead atoms. The van der Waals surface area contributed by atoms with E-state index < -0.39 is 5.97 Å². The second-order valence-corrected chi connectivity index (χ2v) is 9.34. The van der Waals surface area contributed by atoms with Crippen molar-refractivity contribution in [3.63, 3.8) is 0 Å². The molecule has 1 heterocycles. The van der Waals surface area contributed by atoms with Gasteiger partial charge < -0.3 is 24.4 Å². The second-order valence-electron chi connectivity index (χ2n) is 8.51. The molecule has 0 saturated carbocycles. The summed E-state index contributed by atoms with van der Waals surface area (Å²) in [5, 5.41) is 28.5. The second kappa shape index (κ2) is 12.9. The highest BCUT2D eigenvalue weighted by molar-refractivity contribution is 7.12. The van der Waals surface area contributed by atoms with E-state index in [4.69, 9.17) is 14.2 Å². The minimum atomic E-state index is -1.04. The quantitative estimate of drug-likeness (QED) is 0.181. The first-order chi connectivity index (χ1) is 18.5. The molecule has 8 nitrogen and oxygen atoms in total. The lowest BCUT2D eigenvalue weighted by atomic mass is 10.1. The van der Waals surface area contributed by atoms with Crippen LogP contribution in [0.3, 0.4) is 0 Å². The molecule has 0 aliphatic carbocycles. The molecule has 0 aliphatic rings. The molecule has 38 heavy (non-hydrogen) atoms. The maximum atomic E-state index is 11.6. The number of carboxylic acid groups (broad SMARTS) is 1. The number of benzene rings is 3. The number of phenols is 1. The highest BCUT2D eigenvalue weighted by Gasteiger charge is 2.16. The molecule has 198 valence electrons. The van der Waals surface area contributed by atoms with E-state index in [1.807, 2.05) is 31.2 Å². The molecular weight excluding hydrogens is 504 g/mol. The van der Waals surface area contributed by atoms with Gasteiger partial charge in [0.15, 0.2) is 5.01 Å². The van der Waals surface area contributed by atoms with E-state index in [9.17, 15) is 15.0 Å². The number of aromatic nitrogens is 2. The van der Waals surface area contributed by atoms with Gasteiger partial charge in [-0.2, -0.15) is 0 Å². The van der Waals surface area contributed by atoms with Crippen molar-refractivity contribution >= 4 is 17.3 Å². The Morgan fingerprint density at radius 2 is 1.68 bits per heavy atom. The van der Waals surface area contributed by atoms with E-state index >= 15 is 0 Å². The summed E-state index contributed by atoms with van der Waals surface area (Å²) in [6, 6.07) is 15.7. The minimum absolute atomic E-state index is 0.104. The Labute approximate surface area is 225 Å². The number of para-hydroxylation sites is 1. The van der Waals surface area contributed by atoms with E-state index in [0.717, 1.165) is 30.4 Å². The van der Waals surface area contributed by atoms with E-state index in [1.165, 1.54) is 17.4 Å². The van der Waals surface area contributed by atoms with Gasteiger partial charge in [0.05, 0.1) is 18.8 Å².